The molecule has 1 N–H and O–H groups in total. The summed E-state index contributed by atoms with van der Waals surface area (Å²) in [5.41, 5.74) is -1.31. The lowest BCUT2D eigenvalue weighted by molar-refractivity contribution is -0.173. The molecule has 6 nitrogen and oxygen atoms in total. The zero-order chi connectivity index (χ0) is 19.4. The molecule has 1 aromatic rings. The van der Waals surface area contributed by atoms with Gasteiger partial charge in [-0.15, -0.1) is 0 Å². The summed E-state index contributed by atoms with van der Waals surface area (Å²) in [7, 11) is 1.94. The fourth-order valence-corrected chi connectivity index (χ4v) is 2.22. The van der Waals surface area contributed by atoms with Gasteiger partial charge in [0.25, 0.3) is 0 Å². The molecule has 1 aromatic carbocycles. The molecule has 0 atom stereocenters. The van der Waals surface area contributed by atoms with Gasteiger partial charge in [-0.1, -0.05) is 23.2 Å². The number of amides is 1. The highest BCUT2D eigenvalue weighted by Gasteiger charge is 2.40. The number of methoxy groups -OCH3 is 2. The van der Waals surface area contributed by atoms with Crippen molar-refractivity contribution < 1.29 is 37.0 Å². The van der Waals surface area contributed by atoms with Crippen molar-refractivity contribution in [2.45, 2.75) is 6.18 Å². The van der Waals surface area contributed by atoms with E-state index >= 15 is 0 Å². The second kappa shape index (κ2) is 8.21. The summed E-state index contributed by atoms with van der Waals surface area (Å²) in [4.78, 5) is 34.5. The highest BCUT2D eigenvalue weighted by molar-refractivity contribution is 6.37. The fourth-order valence-electron chi connectivity index (χ4n) is 1.63. The summed E-state index contributed by atoms with van der Waals surface area (Å²) in [6.07, 6.45) is -4.48. The van der Waals surface area contributed by atoms with E-state index in [0.29, 0.717) is 0 Å². The van der Waals surface area contributed by atoms with E-state index in [0.717, 1.165) is 26.4 Å². The standard InChI is InChI=1S/C14H10Cl2F3NO5/c1-24-11(21)9(20-13(23)14(17,18)19)4-6-3-7(15)5-8(16)10(6)12(22)25-2/h3-5H,1-2H3,(H,20,23)/b9-4-. The summed E-state index contributed by atoms with van der Waals surface area (Å²) < 4.78 is 46.0. The second-order valence-electron chi connectivity index (χ2n) is 4.34. The monoisotopic (exact) mass is 399 g/mol. The molecule has 25 heavy (non-hydrogen) atoms. The molecule has 0 radical (unpaired) electrons. The Balaban J connectivity index is 3.50. The van der Waals surface area contributed by atoms with Crippen LogP contribution in [-0.4, -0.2) is 38.2 Å². The van der Waals surface area contributed by atoms with Gasteiger partial charge in [-0.3, -0.25) is 4.79 Å². The molecule has 0 saturated heterocycles. The van der Waals surface area contributed by atoms with Crippen LogP contribution < -0.4 is 5.32 Å². The second-order valence-corrected chi connectivity index (χ2v) is 5.19. The first-order valence-electron chi connectivity index (χ1n) is 6.26. The average Bonchev–Trinajstić information content (AvgIpc) is 2.51. The molecular weight excluding hydrogens is 390 g/mol. The molecule has 0 aliphatic carbocycles. The van der Waals surface area contributed by atoms with E-state index in [1.807, 2.05) is 0 Å². The quantitative estimate of drug-likeness (QED) is 0.621. The van der Waals surface area contributed by atoms with Crippen LogP contribution in [0.5, 0.6) is 0 Å². The summed E-state index contributed by atoms with van der Waals surface area (Å²) in [6.45, 7) is 0. The van der Waals surface area contributed by atoms with Gasteiger partial charge in [0.15, 0.2) is 0 Å². The van der Waals surface area contributed by atoms with Crippen molar-refractivity contribution in [1.82, 2.24) is 5.32 Å². The van der Waals surface area contributed by atoms with E-state index in [2.05, 4.69) is 9.47 Å². The maximum absolute atomic E-state index is 12.4. The Kier molecular flexibility index (Phi) is 6.83. The first-order chi connectivity index (χ1) is 11.5. The van der Waals surface area contributed by atoms with Crippen LogP contribution in [0.4, 0.5) is 13.2 Å². The average molecular weight is 400 g/mol. The van der Waals surface area contributed by atoms with Gasteiger partial charge in [-0.05, 0) is 23.8 Å². The van der Waals surface area contributed by atoms with Crippen LogP contribution >= 0.6 is 23.2 Å². The van der Waals surface area contributed by atoms with Crippen LogP contribution in [0.15, 0.2) is 17.8 Å². The number of halogens is 5. The van der Waals surface area contributed by atoms with E-state index in [1.165, 1.54) is 11.4 Å². The van der Waals surface area contributed by atoms with Crippen LogP contribution in [-0.2, 0) is 19.1 Å². The third-order valence-electron chi connectivity index (χ3n) is 2.69. The number of benzene rings is 1. The van der Waals surface area contributed by atoms with Gasteiger partial charge < -0.3 is 14.8 Å². The van der Waals surface area contributed by atoms with Crippen molar-refractivity contribution in [3.63, 3.8) is 0 Å². The molecule has 1 rings (SSSR count). The lowest BCUT2D eigenvalue weighted by Gasteiger charge is -2.12. The molecule has 136 valence electrons. The largest absolute Gasteiger partial charge is 0.471 e. The van der Waals surface area contributed by atoms with E-state index in [9.17, 15) is 27.6 Å². The molecule has 0 aliphatic rings. The summed E-state index contributed by atoms with van der Waals surface area (Å²) in [6, 6.07) is 2.33. The maximum Gasteiger partial charge on any atom is 0.471 e. The first kappa shape index (κ1) is 20.8. The van der Waals surface area contributed by atoms with Gasteiger partial charge in [0.1, 0.15) is 5.70 Å². The Bertz CT molecular complexity index is 747. The zero-order valence-electron chi connectivity index (χ0n) is 12.7. The molecule has 11 heteroatoms. The lowest BCUT2D eigenvalue weighted by atomic mass is 10.1. The number of alkyl halides is 3. The van der Waals surface area contributed by atoms with Crippen molar-refractivity contribution in [3.8, 4) is 0 Å². The van der Waals surface area contributed by atoms with Crippen molar-refractivity contribution >= 4 is 47.1 Å². The Morgan fingerprint density at radius 1 is 1.12 bits per heavy atom. The summed E-state index contributed by atoms with van der Waals surface area (Å²) >= 11 is 11.7. The molecule has 0 saturated carbocycles. The van der Waals surface area contributed by atoms with Crippen molar-refractivity contribution in [2.24, 2.45) is 0 Å². The highest BCUT2D eigenvalue weighted by Crippen LogP contribution is 2.28. The van der Waals surface area contributed by atoms with Gasteiger partial charge >= 0.3 is 24.0 Å². The normalized spacial score (nSPS) is 11.7. The molecule has 0 aromatic heterocycles. The number of hydrogen-bond acceptors (Lipinski definition) is 5. The Hall–Kier alpha value is -2.26. The van der Waals surface area contributed by atoms with E-state index in [-0.39, 0.29) is 21.2 Å². The summed E-state index contributed by atoms with van der Waals surface area (Å²) in [5, 5.41) is 1.22. The third-order valence-corrected chi connectivity index (χ3v) is 3.20. The summed E-state index contributed by atoms with van der Waals surface area (Å²) in [5.74, 6) is -4.62. The number of hydrogen-bond donors (Lipinski definition) is 1. The Labute approximate surface area is 149 Å². The molecule has 0 fully saturated rings. The predicted octanol–water partition coefficient (Wildman–Crippen LogP) is 2.97. The van der Waals surface area contributed by atoms with Crippen LogP contribution in [0, 0.1) is 0 Å². The number of nitrogens with one attached hydrogen (secondary N) is 1. The number of rotatable bonds is 4. The number of esters is 2. The maximum atomic E-state index is 12.4. The van der Waals surface area contributed by atoms with Gasteiger partial charge in [0.05, 0.1) is 24.8 Å². The molecule has 0 aliphatic heterocycles. The van der Waals surface area contributed by atoms with E-state index in [4.69, 9.17) is 23.2 Å². The highest BCUT2D eigenvalue weighted by atomic mass is 35.5. The fraction of sp³-hybridized carbons (Fsp3) is 0.214. The molecule has 0 spiro atoms. The molecule has 1 amide bonds. The first-order valence-corrected chi connectivity index (χ1v) is 7.02. The van der Waals surface area contributed by atoms with Crippen molar-refractivity contribution in [2.75, 3.05) is 14.2 Å². The topological polar surface area (TPSA) is 81.7 Å². The minimum atomic E-state index is -5.25. The number of carbonyl (C=O) groups is 3. The van der Waals surface area contributed by atoms with Gasteiger partial charge in [-0.2, -0.15) is 13.2 Å². The molecule has 0 unspecified atom stereocenters. The zero-order valence-corrected chi connectivity index (χ0v) is 14.2. The van der Waals surface area contributed by atoms with Crippen LogP contribution in [0.25, 0.3) is 6.08 Å². The van der Waals surface area contributed by atoms with E-state index in [1.54, 1.807) is 0 Å². The Morgan fingerprint density at radius 2 is 1.72 bits per heavy atom. The Morgan fingerprint density at radius 3 is 2.20 bits per heavy atom. The van der Waals surface area contributed by atoms with Gasteiger partial charge in [0, 0.05) is 5.02 Å². The van der Waals surface area contributed by atoms with Crippen LogP contribution in [0.1, 0.15) is 15.9 Å². The van der Waals surface area contributed by atoms with Gasteiger partial charge in [-0.25, -0.2) is 9.59 Å². The number of carbonyl (C=O) groups excluding carboxylic acids is 3. The smallest absolute Gasteiger partial charge is 0.465 e. The van der Waals surface area contributed by atoms with E-state index < -0.39 is 29.7 Å². The molecular formula is C14H10Cl2F3NO5. The SMILES string of the molecule is COC(=O)/C(=C/c1cc(Cl)cc(Cl)c1C(=O)OC)NC(=O)C(F)(F)F. The van der Waals surface area contributed by atoms with Crippen LogP contribution in [0.2, 0.25) is 10.0 Å². The predicted molar refractivity (Wildman–Crippen MR) is 82.0 cm³/mol. The van der Waals surface area contributed by atoms with Gasteiger partial charge in [0.2, 0.25) is 0 Å². The molecule has 0 heterocycles. The number of ether oxygens (including phenoxy) is 2. The minimum Gasteiger partial charge on any atom is -0.465 e. The van der Waals surface area contributed by atoms with Crippen LogP contribution in [0.3, 0.4) is 0 Å². The van der Waals surface area contributed by atoms with Crippen molar-refractivity contribution in [3.05, 3.63) is 39.0 Å². The minimum absolute atomic E-state index is 0.0234. The molecule has 0 bridgehead atoms. The lowest BCUT2D eigenvalue weighted by Crippen LogP contribution is -2.38. The third kappa shape index (κ3) is 5.36. The van der Waals surface area contributed by atoms with Crippen molar-refractivity contribution in [1.29, 1.82) is 0 Å².